The van der Waals surface area contributed by atoms with Crippen molar-refractivity contribution in [1.82, 2.24) is 4.98 Å². The Bertz CT molecular complexity index is 1540. The minimum absolute atomic E-state index is 0.522. The molecule has 0 N–H and O–H groups in total. The highest BCUT2D eigenvalue weighted by molar-refractivity contribution is 9.10. The van der Waals surface area contributed by atoms with Crippen LogP contribution in [0, 0.1) is 0 Å². The molecular formula is C28H23BrClN3OS. The minimum Gasteiger partial charge on any atom is -0.438 e. The Morgan fingerprint density at radius 1 is 0.971 bits per heavy atom. The van der Waals surface area contributed by atoms with E-state index in [0.717, 1.165) is 61.7 Å². The van der Waals surface area contributed by atoms with Crippen LogP contribution >= 0.6 is 38.9 Å². The number of halogens is 2. The number of aromatic nitrogens is 1. The number of nitrogens with zero attached hydrogens (tertiary/aromatic N) is 3. The summed E-state index contributed by atoms with van der Waals surface area (Å²) < 4.78 is 7.47. The van der Waals surface area contributed by atoms with Crippen LogP contribution in [0.25, 0.3) is 32.8 Å². The highest BCUT2D eigenvalue weighted by Crippen LogP contribution is 2.31. The van der Waals surface area contributed by atoms with Crippen LogP contribution in [0.4, 0.5) is 11.4 Å². The van der Waals surface area contributed by atoms with Crippen LogP contribution in [0.3, 0.4) is 0 Å². The lowest BCUT2D eigenvalue weighted by atomic mass is 10.1. The zero-order valence-corrected chi connectivity index (χ0v) is 22.5. The van der Waals surface area contributed by atoms with E-state index in [2.05, 4.69) is 76.5 Å². The highest BCUT2D eigenvalue weighted by Gasteiger charge is 2.14. The van der Waals surface area contributed by atoms with E-state index in [9.17, 15) is 0 Å². The largest absolute Gasteiger partial charge is 0.438 e. The van der Waals surface area contributed by atoms with Crippen molar-refractivity contribution < 1.29 is 4.42 Å². The first kappa shape index (κ1) is 23.8. The van der Waals surface area contributed by atoms with Crippen LogP contribution in [-0.4, -0.2) is 18.1 Å². The van der Waals surface area contributed by atoms with Gasteiger partial charge in [-0.25, -0.2) is 9.98 Å². The van der Waals surface area contributed by atoms with Crippen molar-refractivity contribution in [2.75, 3.05) is 18.0 Å². The standard InChI is InChI=1S/C28H23BrClN3OS/c1-3-33(4-2)23-14-7-19-15-24(28-32-25(17-35-28)18-5-8-20(29)9-6-18)27(34-26(19)16-23)31-22-12-10-21(30)11-13-22/h5-17H,3-4H2,1-2H3. The zero-order chi connectivity index (χ0) is 24.4. The number of thiazole rings is 1. The fourth-order valence-corrected chi connectivity index (χ4v) is 5.14. The molecule has 4 nitrogen and oxygen atoms in total. The van der Waals surface area contributed by atoms with Crippen molar-refractivity contribution in [3.8, 4) is 21.8 Å². The van der Waals surface area contributed by atoms with Gasteiger partial charge in [0.05, 0.1) is 16.9 Å². The van der Waals surface area contributed by atoms with Gasteiger partial charge in [-0.1, -0.05) is 39.7 Å². The van der Waals surface area contributed by atoms with Gasteiger partial charge in [0.2, 0.25) is 5.55 Å². The van der Waals surface area contributed by atoms with Crippen LogP contribution in [0.2, 0.25) is 5.02 Å². The molecule has 7 heteroatoms. The molecule has 0 spiro atoms. The van der Waals surface area contributed by atoms with Crippen molar-refractivity contribution in [2.24, 2.45) is 4.99 Å². The number of hydrogen-bond donors (Lipinski definition) is 0. The monoisotopic (exact) mass is 563 g/mol. The van der Waals surface area contributed by atoms with Crippen LogP contribution < -0.4 is 10.5 Å². The molecule has 0 aliphatic carbocycles. The number of rotatable bonds is 6. The minimum atomic E-state index is 0.522. The first-order valence-corrected chi connectivity index (χ1v) is 13.4. The lowest BCUT2D eigenvalue weighted by Gasteiger charge is -2.21. The van der Waals surface area contributed by atoms with Crippen LogP contribution in [-0.2, 0) is 0 Å². The molecule has 0 fully saturated rings. The van der Waals surface area contributed by atoms with Crippen molar-refractivity contribution in [2.45, 2.75) is 13.8 Å². The average Bonchev–Trinajstić information content (AvgIpc) is 3.36. The van der Waals surface area contributed by atoms with E-state index in [-0.39, 0.29) is 0 Å². The Balaban J connectivity index is 1.67. The summed E-state index contributed by atoms with van der Waals surface area (Å²) >= 11 is 11.2. The van der Waals surface area contributed by atoms with Crippen molar-refractivity contribution in [1.29, 1.82) is 0 Å². The molecule has 0 saturated heterocycles. The topological polar surface area (TPSA) is 41.6 Å². The molecule has 5 rings (SSSR count). The van der Waals surface area contributed by atoms with E-state index in [0.29, 0.717) is 10.6 Å². The van der Waals surface area contributed by atoms with E-state index < -0.39 is 0 Å². The third kappa shape index (κ3) is 5.20. The van der Waals surface area contributed by atoms with Crippen LogP contribution in [0.1, 0.15) is 13.8 Å². The molecule has 3 aromatic carbocycles. The SMILES string of the molecule is CCN(CC)c1ccc2cc(-c3nc(-c4ccc(Br)cc4)cs3)c(=Nc3ccc(Cl)cc3)oc2c1. The van der Waals surface area contributed by atoms with Gasteiger partial charge in [0.15, 0.2) is 0 Å². The fourth-order valence-electron chi connectivity index (χ4n) is 3.91. The quantitative estimate of drug-likeness (QED) is 0.207. The highest BCUT2D eigenvalue weighted by atomic mass is 79.9. The second kappa shape index (κ2) is 10.4. The predicted octanol–water partition coefficient (Wildman–Crippen LogP) is 8.72. The number of anilines is 1. The summed E-state index contributed by atoms with van der Waals surface area (Å²) in [6.45, 7) is 6.17. The molecule has 176 valence electrons. The molecule has 0 amide bonds. The van der Waals surface area contributed by atoms with Gasteiger partial charge in [0, 0.05) is 50.7 Å². The van der Waals surface area contributed by atoms with E-state index in [1.165, 1.54) is 0 Å². The summed E-state index contributed by atoms with van der Waals surface area (Å²) in [5.74, 6) is 0. The average molecular weight is 565 g/mol. The van der Waals surface area contributed by atoms with Gasteiger partial charge in [-0.3, -0.25) is 0 Å². The smallest absolute Gasteiger partial charge is 0.230 e. The predicted molar refractivity (Wildman–Crippen MR) is 151 cm³/mol. The molecule has 5 aromatic rings. The summed E-state index contributed by atoms with van der Waals surface area (Å²) in [5, 5.41) is 4.60. The number of fused-ring (bicyclic) bond motifs is 1. The van der Waals surface area contributed by atoms with Gasteiger partial charge < -0.3 is 9.32 Å². The van der Waals surface area contributed by atoms with Crippen molar-refractivity contribution >= 4 is 61.2 Å². The Labute approximate surface area is 221 Å². The Morgan fingerprint density at radius 3 is 2.43 bits per heavy atom. The third-order valence-electron chi connectivity index (χ3n) is 5.79. The van der Waals surface area contributed by atoms with E-state index in [1.807, 2.05) is 36.4 Å². The van der Waals surface area contributed by atoms with Crippen LogP contribution in [0.5, 0.6) is 0 Å². The molecule has 35 heavy (non-hydrogen) atoms. The molecule has 0 bridgehead atoms. The molecule has 0 atom stereocenters. The van der Waals surface area contributed by atoms with Gasteiger partial charge in [0.1, 0.15) is 10.6 Å². The van der Waals surface area contributed by atoms with Gasteiger partial charge in [-0.2, -0.15) is 0 Å². The summed E-state index contributed by atoms with van der Waals surface area (Å²) in [6, 6.07) is 24.0. The number of hydrogen-bond acceptors (Lipinski definition) is 5. The summed E-state index contributed by atoms with van der Waals surface area (Å²) in [6.07, 6.45) is 0. The summed E-state index contributed by atoms with van der Waals surface area (Å²) in [4.78, 5) is 12.1. The first-order valence-electron chi connectivity index (χ1n) is 11.4. The zero-order valence-electron chi connectivity index (χ0n) is 19.3. The molecule has 0 aliphatic heterocycles. The molecule has 2 heterocycles. The van der Waals surface area contributed by atoms with Crippen molar-refractivity contribution in [3.63, 3.8) is 0 Å². The Kier molecular flexibility index (Phi) is 7.04. The summed E-state index contributed by atoms with van der Waals surface area (Å²) in [7, 11) is 0. The van der Waals surface area contributed by atoms with Gasteiger partial charge >= 0.3 is 0 Å². The van der Waals surface area contributed by atoms with E-state index in [4.69, 9.17) is 26.0 Å². The second-order valence-corrected chi connectivity index (χ2v) is 10.2. The lowest BCUT2D eigenvalue weighted by molar-refractivity contribution is 0.547. The molecular weight excluding hydrogens is 542 g/mol. The molecule has 0 aliphatic rings. The maximum absolute atomic E-state index is 6.43. The molecule has 2 aromatic heterocycles. The third-order valence-corrected chi connectivity index (χ3v) is 7.45. The van der Waals surface area contributed by atoms with Gasteiger partial charge in [-0.15, -0.1) is 11.3 Å². The molecule has 0 unspecified atom stereocenters. The van der Waals surface area contributed by atoms with Crippen LogP contribution in [0.15, 0.2) is 92.1 Å². The Morgan fingerprint density at radius 2 is 1.71 bits per heavy atom. The maximum atomic E-state index is 6.43. The molecule has 0 saturated carbocycles. The lowest BCUT2D eigenvalue weighted by Crippen LogP contribution is -2.21. The van der Waals surface area contributed by atoms with Crippen molar-refractivity contribution in [3.05, 3.63) is 93.2 Å². The second-order valence-electron chi connectivity index (χ2n) is 7.99. The number of benzene rings is 3. The Hall–Kier alpha value is -2.93. The fraction of sp³-hybridized carbons (Fsp3) is 0.143. The summed E-state index contributed by atoms with van der Waals surface area (Å²) in [5.41, 5.74) is 6.05. The first-order chi connectivity index (χ1) is 17.0. The van der Waals surface area contributed by atoms with E-state index >= 15 is 0 Å². The molecule has 0 radical (unpaired) electrons. The van der Waals surface area contributed by atoms with E-state index in [1.54, 1.807) is 11.3 Å². The van der Waals surface area contributed by atoms with Gasteiger partial charge in [-0.05, 0) is 68.4 Å². The van der Waals surface area contributed by atoms with Gasteiger partial charge in [0.25, 0.3) is 0 Å². The normalized spacial score (nSPS) is 11.8. The maximum Gasteiger partial charge on any atom is 0.230 e.